The number of aliphatic hydroxyl groups excluding tert-OH is 2. The second kappa shape index (κ2) is 5.97. The molecule has 4 atom stereocenters. The van der Waals surface area contributed by atoms with E-state index in [0.717, 1.165) is 0 Å². The molecule has 102 valence electrons. The van der Waals surface area contributed by atoms with Crippen LogP contribution in [0.25, 0.3) is 0 Å². The maximum Gasteiger partial charge on any atom is 0.331 e. The Morgan fingerprint density at radius 2 is 1.84 bits per heavy atom. The summed E-state index contributed by atoms with van der Waals surface area (Å²) in [7, 11) is 1.40. The third-order valence-corrected chi connectivity index (χ3v) is 3.06. The van der Waals surface area contributed by atoms with Gasteiger partial charge in [0.05, 0.1) is 0 Å². The molecule has 1 aliphatic rings. The maximum absolute atomic E-state index is 11.6. The molecule has 0 radical (unpaired) electrons. The molecular weight excluding hydrogens is 248 g/mol. The normalized spacial score (nSPS) is 31.4. The summed E-state index contributed by atoms with van der Waals surface area (Å²) in [6.45, 7) is 0. The number of carbonyl (C=O) groups excluding carboxylic acids is 1. The van der Waals surface area contributed by atoms with Gasteiger partial charge in [-0.2, -0.15) is 0 Å². The number of ether oxygens (including phenoxy) is 2. The quantitative estimate of drug-likeness (QED) is 0.764. The van der Waals surface area contributed by atoms with Gasteiger partial charge in [-0.05, 0) is 11.6 Å². The van der Waals surface area contributed by atoms with Gasteiger partial charge in [-0.3, -0.25) is 0 Å². The Morgan fingerprint density at radius 3 is 2.47 bits per heavy atom. The van der Waals surface area contributed by atoms with Crippen LogP contribution in [-0.4, -0.2) is 41.6 Å². The van der Waals surface area contributed by atoms with Crippen LogP contribution < -0.4 is 0 Å². The van der Waals surface area contributed by atoms with Gasteiger partial charge in [0, 0.05) is 13.2 Å². The van der Waals surface area contributed by atoms with Gasteiger partial charge in [-0.1, -0.05) is 30.3 Å². The van der Waals surface area contributed by atoms with Gasteiger partial charge in [0.15, 0.2) is 6.10 Å². The number of hydrogen-bond donors (Lipinski definition) is 2. The van der Waals surface area contributed by atoms with Crippen molar-refractivity contribution in [3.63, 3.8) is 0 Å². The fraction of sp³-hybridized carbons (Fsp3) is 0.357. The van der Waals surface area contributed by atoms with Gasteiger partial charge < -0.3 is 19.7 Å². The zero-order valence-corrected chi connectivity index (χ0v) is 10.5. The first kappa shape index (κ1) is 13.7. The summed E-state index contributed by atoms with van der Waals surface area (Å²) in [5, 5.41) is 20.2. The molecule has 0 spiro atoms. The topological polar surface area (TPSA) is 76.0 Å². The van der Waals surface area contributed by atoms with E-state index in [4.69, 9.17) is 9.47 Å². The SMILES string of the molecule is COC1C=CC(=O)OC(c2ccccc2)C(O)C1O. The van der Waals surface area contributed by atoms with Crippen molar-refractivity contribution < 1.29 is 24.5 Å². The average molecular weight is 264 g/mol. The number of hydrogen-bond acceptors (Lipinski definition) is 5. The van der Waals surface area contributed by atoms with Crippen molar-refractivity contribution in [3.05, 3.63) is 48.0 Å². The smallest absolute Gasteiger partial charge is 0.331 e. The molecule has 4 unspecified atom stereocenters. The molecule has 2 rings (SSSR count). The molecule has 0 fully saturated rings. The lowest BCUT2D eigenvalue weighted by Crippen LogP contribution is -2.43. The molecule has 0 bridgehead atoms. The van der Waals surface area contributed by atoms with E-state index < -0.39 is 30.4 Å². The molecule has 0 aliphatic carbocycles. The van der Waals surface area contributed by atoms with E-state index in [1.165, 1.54) is 19.3 Å². The number of rotatable bonds is 2. The molecule has 2 N–H and O–H groups in total. The summed E-state index contributed by atoms with van der Waals surface area (Å²) >= 11 is 0. The van der Waals surface area contributed by atoms with E-state index >= 15 is 0 Å². The van der Waals surface area contributed by atoms with E-state index in [-0.39, 0.29) is 0 Å². The van der Waals surface area contributed by atoms with Crippen LogP contribution >= 0.6 is 0 Å². The summed E-state index contributed by atoms with van der Waals surface area (Å²) in [4.78, 5) is 11.6. The number of esters is 1. The second-order valence-corrected chi connectivity index (χ2v) is 4.31. The molecule has 1 aromatic rings. The summed E-state index contributed by atoms with van der Waals surface area (Å²) in [6, 6.07) is 8.80. The Bertz CT molecular complexity index is 456. The highest BCUT2D eigenvalue weighted by Gasteiger charge is 2.36. The number of carbonyl (C=O) groups is 1. The Morgan fingerprint density at radius 1 is 1.16 bits per heavy atom. The standard InChI is InChI=1S/C14H16O5/c1-18-10-7-8-11(15)19-14(13(17)12(10)16)9-5-3-2-4-6-9/h2-8,10,12-14,16-17H,1H3. The summed E-state index contributed by atoms with van der Waals surface area (Å²) < 4.78 is 10.2. The zero-order chi connectivity index (χ0) is 13.8. The summed E-state index contributed by atoms with van der Waals surface area (Å²) in [5.41, 5.74) is 0.618. The van der Waals surface area contributed by atoms with Crippen molar-refractivity contribution in [1.29, 1.82) is 0 Å². The minimum atomic E-state index is -1.26. The minimum Gasteiger partial charge on any atom is -0.451 e. The fourth-order valence-corrected chi connectivity index (χ4v) is 2.02. The van der Waals surface area contributed by atoms with Crippen LogP contribution in [0.4, 0.5) is 0 Å². The fourth-order valence-electron chi connectivity index (χ4n) is 2.02. The number of benzene rings is 1. The lowest BCUT2D eigenvalue weighted by atomic mass is 9.96. The first-order chi connectivity index (χ1) is 9.13. The van der Waals surface area contributed by atoms with E-state index in [0.29, 0.717) is 5.56 Å². The van der Waals surface area contributed by atoms with Gasteiger partial charge in [-0.25, -0.2) is 4.79 Å². The first-order valence-corrected chi connectivity index (χ1v) is 5.96. The van der Waals surface area contributed by atoms with Crippen molar-refractivity contribution in [2.45, 2.75) is 24.4 Å². The maximum atomic E-state index is 11.6. The molecule has 0 saturated carbocycles. The van der Waals surface area contributed by atoms with E-state index in [9.17, 15) is 15.0 Å². The third kappa shape index (κ3) is 3.01. The van der Waals surface area contributed by atoms with Crippen LogP contribution in [0, 0.1) is 0 Å². The number of cyclic esters (lactones) is 1. The van der Waals surface area contributed by atoms with Crippen molar-refractivity contribution in [1.82, 2.24) is 0 Å². The molecule has 19 heavy (non-hydrogen) atoms. The van der Waals surface area contributed by atoms with Crippen LogP contribution in [0.1, 0.15) is 11.7 Å². The molecule has 0 aromatic heterocycles. The van der Waals surface area contributed by atoms with E-state index in [2.05, 4.69) is 0 Å². The van der Waals surface area contributed by atoms with Crippen molar-refractivity contribution in [2.24, 2.45) is 0 Å². The Kier molecular flexibility index (Phi) is 4.31. The number of methoxy groups -OCH3 is 1. The van der Waals surface area contributed by atoms with Crippen LogP contribution in [0.5, 0.6) is 0 Å². The molecule has 1 aliphatic heterocycles. The molecule has 0 saturated heterocycles. The van der Waals surface area contributed by atoms with E-state index in [1.807, 2.05) is 6.07 Å². The highest BCUT2D eigenvalue weighted by molar-refractivity contribution is 5.82. The van der Waals surface area contributed by atoms with Gasteiger partial charge in [0.25, 0.3) is 0 Å². The highest BCUT2D eigenvalue weighted by atomic mass is 16.6. The van der Waals surface area contributed by atoms with Crippen molar-refractivity contribution in [2.75, 3.05) is 7.11 Å². The molecular formula is C14H16O5. The lowest BCUT2D eigenvalue weighted by Gasteiger charge is -2.31. The van der Waals surface area contributed by atoms with Crippen molar-refractivity contribution >= 4 is 5.97 Å². The van der Waals surface area contributed by atoms with Crippen LogP contribution in [-0.2, 0) is 14.3 Å². The number of aliphatic hydroxyl groups is 2. The van der Waals surface area contributed by atoms with Gasteiger partial charge in [0.1, 0.15) is 18.3 Å². The first-order valence-electron chi connectivity index (χ1n) is 5.96. The summed E-state index contributed by atoms with van der Waals surface area (Å²) in [6.07, 6.45) is -1.56. The predicted molar refractivity (Wildman–Crippen MR) is 67.2 cm³/mol. The van der Waals surface area contributed by atoms with E-state index in [1.54, 1.807) is 24.3 Å². The third-order valence-electron chi connectivity index (χ3n) is 3.06. The van der Waals surface area contributed by atoms with Crippen LogP contribution in [0.15, 0.2) is 42.5 Å². The lowest BCUT2D eigenvalue weighted by molar-refractivity contribution is -0.162. The molecule has 1 heterocycles. The average Bonchev–Trinajstić information content (AvgIpc) is 2.44. The van der Waals surface area contributed by atoms with Crippen LogP contribution in [0.2, 0.25) is 0 Å². The largest absolute Gasteiger partial charge is 0.451 e. The Balaban J connectivity index is 2.33. The van der Waals surface area contributed by atoms with Gasteiger partial charge >= 0.3 is 5.97 Å². The van der Waals surface area contributed by atoms with Gasteiger partial charge in [0.2, 0.25) is 0 Å². The Hall–Kier alpha value is -1.69. The van der Waals surface area contributed by atoms with Gasteiger partial charge in [-0.15, -0.1) is 0 Å². The zero-order valence-electron chi connectivity index (χ0n) is 10.5. The Labute approximate surface area is 111 Å². The highest BCUT2D eigenvalue weighted by Crippen LogP contribution is 2.27. The van der Waals surface area contributed by atoms with Crippen molar-refractivity contribution in [3.8, 4) is 0 Å². The molecule has 0 amide bonds. The second-order valence-electron chi connectivity index (χ2n) is 4.31. The minimum absolute atomic E-state index is 0.582. The predicted octanol–water partition coefficient (Wildman–Crippen LogP) is 0.577. The summed E-state index contributed by atoms with van der Waals surface area (Å²) in [5.74, 6) is -0.582. The molecule has 1 aromatic carbocycles. The molecule has 5 heteroatoms. The molecule has 5 nitrogen and oxygen atoms in total. The monoisotopic (exact) mass is 264 g/mol. The van der Waals surface area contributed by atoms with Crippen LogP contribution in [0.3, 0.4) is 0 Å².